The van der Waals surface area contributed by atoms with Crippen LogP contribution in [0.1, 0.15) is 25.3 Å². The smallest absolute Gasteiger partial charge is 0.327 e. The molecule has 20 heavy (non-hydrogen) atoms. The van der Waals surface area contributed by atoms with Crippen LogP contribution in [0.4, 0.5) is 0 Å². The minimum absolute atomic E-state index is 0.391. The van der Waals surface area contributed by atoms with Crippen LogP contribution in [0.3, 0.4) is 0 Å². The summed E-state index contributed by atoms with van der Waals surface area (Å²) in [4.78, 5) is 24.3. The van der Waals surface area contributed by atoms with Crippen molar-refractivity contribution < 1.29 is 19.1 Å². The number of rotatable bonds is 3. The van der Waals surface area contributed by atoms with Gasteiger partial charge < -0.3 is 9.47 Å². The fourth-order valence-corrected chi connectivity index (χ4v) is 2.89. The van der Waals surface area contributed by atoms with E-state index in [0.717, 1.165) is 16.7 Å². The summed E-state index contributed by atoms with van der Waals surface area (Å²) in [5.74, 6) is -1.10. The van der Waals surface area contributed by atoms with Crippen molar-refractivity contribution in [3.8, 4) is 0 Å². The van der Waals surface area contributed by atoms with Gasteiger partial charge in [-0.1, -0.05) is 30.3 Å². The molecule has 0 aromatic heterocycles. The maximum absolute atomic E-state index is 12.2. The molecule has 1 aromatic rings. The van der Waals surface area contributed by atoms with E-state index in [9.17, 15) is 9.59 Å². The molecule has 0 amide bonds. The Labute approximate surface area is 118 Å². The Balaban J connectivity index is 2.54. The molecule has 1 aromatic carbocycles. The van der Waals surface area contributed by atoms with Crippen LogP contribution in [-0.2, 0) is 19.1 Å². The van der Waals surface area contributed by atoms with Gasteiger partial charge in [0.15, 0.2) is 5.41 Å². The summed E-state index contributed by atoms with van der Waals surface area (Å²) >= 11 is 0. The normalized spacial score (nSPS) is 16.9. The van der Waals surface area contributed by atoms with Crippen molar-refractivity contribution in [1.82, 2.24) is 0 Å². The van der Waals surface area contributed by atoms with Gasteiger partial charge in [-0.15, -0.1) is 0 Å². The van der Waals surface area contributed by atoms with E-state index >= 15 is 0 Å². The van der Waals surface area contributed by atoms with Crippen molar-refractivity contribution in [2.24, 2.45) is 5.41 Å². The third-order valence-electron chi connectivity index (χ3n) is 4.03. The highest BCUT2D eigenvalue weighted by Crippen LogP contribution is 2.48. The summed E-state index contributed by atoms with van der Waals surface area (Å²) in [7, 11) is 2.58. The zero-order valence-corrected chi connectivity index (χ0v) is 11.9. The number of esters is 2. The van der Waals surface area contributed by atoms with Crippen LogP contribution < -0.4 is 0 Å². The highest BCUT2D eigenvalue weighted by Gasteiger charge is 2.53. The molecule has 2 rings (SSSR count). The van der Waals surface area contributed by atoms with E-state index in [0.29, 0.717) is 12.8 Å². The Morgan fingerprint density at radius 1 is 1.05 bits per heavy atom. The first-order valence-electron chi connectivity index (χ1n) is 6.50. The molecule has 0 aliphatic heterocycles. The second kappa shape index (κ2) is 5.49. The zero-order chi connectivity index (χ0) is 14.8. The lowest BCUT2D eigenvalue weighted by atomic mass is 9.81. The first-order chi connectivity index (χ1) is 9.57. The van der Waals surface area contributed by atoms with Crippen molar-refractivity contribution in [3.63, 3.8) is 0 Å². The number of methoxy groups -OCH3 is 2. The maximum Gasteiger partial charge on any atom is 0.327 e. The summed E-state index contributed by atoms with van der Waals surface area (Å²) in [5.41, 5.74) is 1.47. The van der Waals surface area contributed by atoms with E-state index in [1.807, 2.05) is 37.3 Å². The number of hydrogen-bond donors (Lipinski definition) is 0. The van der Waals surface area contributed by atoms with Gasteiger partial charge in [-0.2, -0.15) is 0 Å². The molecule has 106 valence electrons. The first-order valence-corrected chi connectivity index (χ1v) is 6.50. The van der Waals surface area contributed by atoms with E-state index in [4.69, 9.17) is 9.47 Å². The number of hydrogen-bond acceptors (Lipinski definition) is 4. The standard InChI is InChI=1S/C16H18O4/c1-11-13(12-7-5-4-6-8-12)9-10-16(11,14(17)19-2)15(18)20-3/h4-8H,9-10H2,1-3H3. The Hall–Kier alpha value is -2.10. The largest absolute Gasteiger partial charge is 0.468 e. The molecule has 0 saturated heterocycles. The maximum atomic E-state index is 12.2. The van der Waals surface area contributed by atoms with Crippen molar-refractivity contribution in [3.05, 3.63) is 41.5 Å². The lowest BCUT2D eigenvalue weighted by Gasteiger charge is -2.24. The summed E-state index contributed by atoms with van der Waals surface area (Å²) in [6.45, 7) is 1.81. The van der Waals surface area contributed by atoms with Crippen LogP contribution in [-0.4, -0.2) is 26.2 Å². The molecule has 0 bridgehead atoms. The second-order valence-corrected chi connectivity index (χ2v) is 4.86. The van der Waals surface area contributed by atoms with Crippen LogP contribution in [0.15, 0.2) is 35.9 Å². The molecule has 4 nitrogen and oxygen atoms in total. The third-order valence-corrected chi connectivity index (χ3v) is 4.03. The van der Waals surface area contributed by atoms with Crippen molar-refractivity contribution >= 4 is 17.5 Å². The lowest BCUT2D eigenvalue weighted by molar-refractivity contribution is -0.165. The molecular weight excluding hydrogens is 256 g/mol. The molecule has 0 radical (unpaired) electrons. The molecule has 0 saturated carbocycles. The van der Waals surface area contributed by atoms with Crippen molar-refractivity contribution in [2.75, 3.05) is 14.2 Å². The highest BCUT2D eigenvalue weighted by atomic mass is 16.5. The van der Waals surface area contributed by atoms with Crippen molar-refractivity contribution in [2.45, 2.75) is 19.8 Å². The van der Waals surface area contributed by atoms with E-state index < -0.39 is 17.4 Å². The fourth-order valence-electron chi connectivity index (χ4n) is 2.89. The van der Waals surface area contributed by atoms with Gasteiger partial charge in [-0.05, 0) is 36.5 Å². The van der Waals surface area contributed by atoms with Crippen LogP contribution in [0.2, 0.25) is 0 Å². The number of allylic oxidation sites excluding steroid dienone is 1. The minimum Gasteiger partial charge on any atom is -0.468 e. The predicted octanol–water partition coefficient (Wildman–Crippen LogP) is 2.59. The third kappa shape index (κ3) is 2.01. The van der Waals surface area contributed by atoms with Gasteiger partial charge in [-0.25, -0.2) is 0 Å². The molecule has 0 atom stereocenters. The van der Waals surface area contributed by atoms with Gasteiger partial charge in [0.05, 0.1) is 14.2 Å². The Morgan fingerprint density at radius 3 is 2.10 bits per heavy atom. The van der Waals surface area contributed by atoms with Crippen molar-refractivity contribution in [1.29, 1.82) is 0 Å². The zero-order valence-electron chi connectivity index (χ0n) is 11.9. The lowest BCUT2D eigenvalue weighted by Crippen LogP contribution is -2.40. The molecular formula is C16H18O4. The SMILES string of the molecule is COC(=O)C1(C(=O)OC)CCC(c2ccccc2)=C1C. The molecule has 4 heteroatoms. The highest BCUT2D eigenvalue weighted by molar-refractivity contribution is 6.06. The van der Waals surface area contributed by atoms with Gasteiger partial charge >= 0.3 is 11.9 Å². The Morgan fingerprint density at radius 2 is 1.60 bits per heavy atom. The van der Waals surface area contributed by atoms with E-state index in [-0.39, 0.29) is 0 Å². The van der Waals surface area contributed by atoms with Crippen LogP contribution in [0, 0.1) is 5.41 Å². The summed E-state index contributed by atoms with van der Waals surface area (Å²) in [6.07, 6.45) is 1.04. The average Bonchev–Trinajstić information content (AvgIpc) is 2.85. The van der Waals surface area contributed by atoms with Gasteiger partial charge in [0, 0.05) is 0 Å². The average molecular weight is 274 g/mol. The van der Waals surface area contributed by atoms with Crippen LogP contribution in [0.25, 0.3) is 5.57 Å². The fraction of sp³-hybridized carbons (Fsp3) is 0.375. The molecule has 0 N–H and O–H groups in total. The molecule has 0 fully saturated rings. The summed E-state index contributed by atoms with van der Waals surface area (Å²) in [5, 5.41) is 0. The second-order valence-electron chi connectivity index (χ2n) is 4.86. The predicted molar refractivity (Wildman–Crippen MR) is 74.7 cm³/mol. The molecule has 0 unspecified atom stereocenters. The quantitative estimate of drug-likeness (QED) is 0.628. The van der Waals surface area contributed by atoms with E-state index in [1.54, 1.807) is 0 Å². The Kier molecular flexibility index (Phi) is 3.93. The summed E-state index contributed by atoms with van der Waals surface area (Å²) in [6, 6.07) is 9.76. The monoisotopic (exact) mass is 274 g/mol. The number of ether oxygens (including phenoxy) is 2. The minimum atomic E-state index is -1.30. The summed E-state index contributed by atoms with van der Waals surface area (Å²) < 4.78 is 9.68. The molecule has 0 spiro atoms. The topological polar surface area (TPSA) is 52.6 Å². The molecule has 1 aliphatic rings. The van der Waals surface area contributed by atoms with E-state index in [1.165, 1.54) is 14.2 Å². The van der Waals surface area contributed by atoms with E-state index in [2.05, 4.69) is 0 Å². The van der Waals surface area contributed by atoms with Gasteiger partial charge in [0.2, 0.25) is 0 Å². The number of carbonyl (C=O) groups is 2. The molecule has 0 heterocycles. The van der Waals surface area contributed by atoms with Crippen LogP contribution in [0.5, 0.6) is 0 Å². The number of benzene rings is 1. The number of carbonyl (C=O) groups excluding carboxylic acids is 2. The Bertz CT molecular complexity index is 541. The van der Waals surface area contributed by atoms with Gasteiger partial charge in [-0.3, -0.25) is 9.59 Å². The van der Waals surface area contributed by atoms with Gasteiger partial charge in [0.1, 0.15) is 0 Å². The van der Waals surface area contributed by atoms with Gasteiger partial charge in [0.25, 0.3) is 0 Å². The molecule has 1 aliphatic carbocycles. The van der Waals surface area contributed by atoms with Crippen LogP contribution >= 0.6 is 0 Å². The first kappa shape index (κ1) is 14.3.